The summed E-state index contributed by atoms with van der Waals surface area (Å²) in [6, 6.07) is 0. The quantitative estimate of drug-likeness (QED) is 0.248. The van der Waals surface area contributed by atoms with Crippen molar-refractivity contribution < 1.29 is 38.1 Å². The first-order valence-electron chi connectivity index (χ1n) is 12.1. The van der Waals surface area contributed by atoms with Crippen molar-refractivity contribution in [1.82, 2.24) is 0 Å². The van der Waals surface area contributed by atoms with E-state index in [1.165, 1.54) is 13.8 Å². The van der Waals surface area contributed by atoms with Gasteiger partial charge in [-0.1, -0.05) is 23.8 Å². The van der Waals surface area contributed by atoms with E-state index in [1.54, 1.807) is 39.8 Å². The Hall–Kier alpha value is -2.90. The van der Waals surface area contributed by atoms with Gasteiger partial charge in [0.15, 0.2) is 0 Å². The molecule has 0 spiro atoms. The minimum absolute atomic E-state index is 0.130. The lowest BCUT2D eigenvalue weighted by Crippen LogP contribution is -2.51. The van der Waals surface area contributed by atoms with Crippen LogP contribution in [0.2, 0.25) is 0 Å². The van der Waals surface area contributed by atoms with Crippen LogP contribution >= 0.6 is 0 Å². The SMILES string of the molecule is C/C=C(/C)C(=O)O[C@H]1C[C@](C)(OC(C)=O)[C@H]2CC=C(C)[C@H]2[C@@H]2OC(=O)[C@@](C)(OC(=O)/C(C)=C\C)[C@@H]21. The molecule has 0 bridgehead atoms. The fourth-order valence-corrected chi connectivity index (χ4v) is 5.74. The van der Waals surface area contributed by atoms with Crippen molar-refractivity contribution in [3.8, 4) is 0 Å². The maximum atomic E-state index is 13.3. The Morgan fingerprint density at radius 2 is 1.63 bits per heavy atom. The molecule has 8 heteroatoms. The molecule has 7 atom stereocenters. The molecule has 3 rings (SSSR count). The molecule has 0 aromatic carbocycles. The molecule has 1 saturated heterocycles. The van der Waals surface area contributed by atoms with E-state index in [1.807, 2.05) is 13.8 Å². The highest BCUT2D eigenvalue weighted by molar-refractivity contribution is 5.92. The summed E-state index contributed by atoms with van der Waals surface area (Å²) < 4.78 is 23.6. The number of esters is 4. The smallest absolute Gasteiger partial charge is 0.351 e. The molecule has 0 aromatic heterocycles. The molecule has 2 fully saturated rings. The Bertz CT molecular complexity index is 1020. The van der Waals surface area contributed by atoms with Gasteiger partial charge < -0.3 is 18.9 Å². The van der Waals surface area contributed by atoms with Gasteiger partial charge in [-0.3, -0.25) is 4.79 Å². The second-order valence-electron chi connectivity index (χ2n) is 10.2. The summed E-state index contributed by atoms with van der Waals surface area (Å²) in [5.41, 5.74) is -0.970. The van der Waals surface area contributed by atoms with E-state index in [9.17, 15) is 19.2 Å². The Morgan fingerprint density at radius 3 is 2.20 bits per heavy atom. The molecule has 1 saturated carbocycles. The minimum atomic E-state index is -1.70. The molecule has 0 radical (unpaired) electrons. The number of hydrogen-bond donors (Lipinski definition) is 0. The Kier molecular flexibility index (Phi) is 7.34. The van der Waals surface area contributed by atoms with Crippen LogP contribution in [0.3, 0.4) is 0 Å². The summed E-state index contributed by atoms with van der Waals surface area (Å²) in [5.74, 6) is -3.63. The molecule has 8 nitrogen and oxygen atoms in total. The number of hydrogen-bond acceptors (Lipinski definition) is 8. The predicted molar refractivity (Wildman–Crippen MR) is 127 cm³/mol. The van der Waals surface area contributed by atoms with Gasteiger partial charge in [0.1, 0.15) is 17.8 Å². The van der Waals surface area contributed by atoms with Crippen LogP contribution in [-0.4, -0.2) is 47.3 Å². The van der Waals surface area contributed by atoms with Crippen molar-refractivity contribution in [2.45, 2.75) is 91.6 Å². The Morgan fingerprint density at radius 1 is 1.03 bits per heavy atom. The fourth-order valence-electron chi connectivity index (χ4n) is 5.74. The monoisotopic (exact) mass is 488 g/mol. The largest absolute Gasteiger partial charge is 0.459 e. The molecule has 0 aromatic rings. The lowest BCUT2D eigenvalue weighted by atomic mass is 9.75. The molecular formula is C27H36O8. The molecule has 0 N–H and O–H groups in total. The van der Waals surface area contributed by atoms with Crippen LogP contribution in [0.5, 0.6) is 0 Å². The summed E-state index contributed by atoms with van der Waals surface area (Å²) in [5, 5.41) is 0. The zero-order valence-corrected chi connectivity index (χ0v) is 21.8. The molecule has 0 amide bonds. The van der Waals surface area contributed by atoms with E-state index < -0.39 is 53.2 Å². The van der Waals surface area contributed by atoms with Gasteiger partial charge in [0.2, 0.25) is 5.60 Å². The molecule has 1 aliphatic heterocycles. The first kappa shape index (κ1) is 26.7. The van der Waals surface area contributed by atoms with Crippen molar-refractivity contribution in [3.63, 3.8) is 0 Å². The Balaban J connectivity index is 2.16. The van der Waals surface area contributed by atoms with E-state index in [4.69, 9.17) is 18.9 Å². The van der Waals surface area contributed by atoms with Gasteiger partial charge >= 0.3 is 23.9 Å². The highest BCUT2D eigenvalue weighted by Crippen LogP contribution is 2.56. The van der Waals surface area contributed by atoms with Crippen LogP contribution in [-0.2, 0) is 38.1 Å². The molecular weight excluding hydrogens is 452 g/mol. The normalized spacial score (nSPS) is 36.9. The summed E-state index contributed by atoms with van der Waals surface area (Å²) >= 11 is 0. The Labute approximate surface area is 206 Å². The first-order valence-corrected chi connectivity index (χ1v) is 12.1. The minimum Gasteiger partial charge on any atom is -0.459 e. The zero-order valence-electron chi connectivity index (χ0n) is 21.8. The van der Waals surface area contributed by atoms with E-state index in [-0.39, 0.29) is 18.3 Å². The number of rotatable bonds is 5. The third kappa shape index (κ3) is 4.67. The standard InChI is InChI=1S/C27H36O8/c1-9-14(3)23(29)32-19-13-26(7,34-17(6)28)18-12-11-16(5)20(18)22-21(19)27(8,25(31)33-22)35-24(30)15(4)10-2/h9-11,18-22H,12-13H2,1-8H3/b14-9-,15-10-/t18-,19-,20+,21+,22-,26-,27-/m0/s1. The third-order valence-corrected chi connectivity index (χ3v) is 7.89. The van der Waals surface area contributed by atoms with Gasteiger partial charge in [-0.25, -0.2) is 14.4 Å². The van der Waals surface area contributed by atoms with Gasteiger partial charge in [-0.15, -0.1) is 0 Å². The van der Waals surface area contributed by atoms with Crippen LogP contribution < -0.4 is 0 Å². The molecule has 35 heavy (non-hydrogen) atoms. The van der Waals surface area contributed by atoms with Gasteiger partial charge in [0, 0.05) is 36.3 Å². The van der Waals surface area contributed by atoms with Crippen LogP contribution in [0.25, 0.3) is 0 Å². The van der Waals surface area contributed by atoms with E-state index in [0.717, 1.165) is 5.57 Å². The lowest BCUT2D eigenvalue weighted by molar-refractivity contribution is -0.181. The highest BCUT2D eigenvalue weighted by Gasteiger charge is 2.68. The van der Waals surface area contributed by atoms with Crippen molar-refractivity contribution in [1.29, 1.82) is 0 Å². The third-order valence-electron chi connectivity index (χ3n) is 7.89. The number of ether oxygens (including phenoxy) is 4. The summed E-state index contributed by atoms with van der Waals surface area (Å²) in [7, 11) is 0. The van der Waals surface area contributed by atoms with Crippen molar-refractivity contribution in [2.24, 2.45) is 17.8 Å². The average Bonchev–Trinajstić information content (AvgIpc) is 3.25. The van der Waals surface area contributed by atoms with Crippen molar-refractivity contribution in [3.05, 3.63) is 34.9 Å². The number of carbonyl (C=O) groups excluding carboxylic acids is 4. The molecule has 2 aliphatic carbocycles. The predicted octanol–water partition coefficient (Wildman–Crippen LogP) is 3.98. The van der Waals surface area contributed by atoms with Gasteiger partial charge in [0.25, 0.3) is 0 Å². The van der Waals surface area contributed by atoms with Gasteiger partial charge in [-0.05, 0) is 54.9 Å². The van der Waals surface area contributed by atoms with Gasteiger partial charge in [0.05, 0.1) is 5.92 Å². The van der Waals surface area contributed by atoms with E-state index >= 15 is 0 Å². The second-order valence-corrected chi connectivity index (χ2v) is 10.2. The molecule has 192 valence electrons. The maximum absolute atomic E-state index is 13.3. The van der Waals surface area contributed by atoms with Crippen molar-refractivity contribution >= 4 is 23.9 Å². The average molecular weight is 489 g/mol. The topological polar surface area (TPSA) is 105 Å². The summed E-state index contributed by atoms with van der Waals surface area (Å²) in [6.45, 7) is 13.3. The van der Waals surface area contributed by atoms with Crippen LogP contribution in [0.4, 0.5) is 0 Å². The van der Waals surface area contributed by atoms with Crippen molar-refractivity contribution in [2.75, 3.05) is 0 Å². The lowest BCUT2D eigenvalue weighted by Gasteiger charge is -2.38. The second kappa shape index (κ2) is 9.63. The van der Waals surface area contributed by atoms with Crippen LogP contribution in [0, 0.1) is 17.8 Å². The molecule has 1 heterocycles. The number of allylic oxidation sites excluding steroid dienone is 3. The van der Waals surface area contributed by atoms with E-state index in [0.29, 0.717) is 17.6 Å². The maximum Gasteiger partial charge on any atom is 0.351 e. The fraction of sp³-hybridized carbons (Fsp3) is 0.630. The van der Waals surface area contributed by atoms with Crippen LogP contribution in [0.1, 0.15) is 68.2 Å². The molecule has 3 aliphatic rings. The summed E-state index contributed by atoms with van der Waals surface area (Å²) in [4.78, 5) is 51.1. The number of fused-ring (bicyclic) bond motifs is 3. The zero-order chi connectivity index (χ0) is 26.3. The number of carbonyl (C=O) groups is 4. The van der Waals surface area contributed by atoms with Gasteiger partial charge in [-0.2, -0.15) is 0 Å². The molecule has 0 unspecified atom stereocenters. The first-order chi connectivity index (χ1) is 16.3. The summed E-state index contributed by atoms with van der Waals surface area (Å²) in [6.07, 6.45) is 4.39. The van der Waals surface area contributed by atoms with E-state index in [2.05, 4.69) is 6.08 Å². The van der Waals surface area contributed by atoms with Crippen LogP contribution in [0.15, 0.2) is 34.9 Å². The highest BCUT2D eigenvalue weighted by atomic mass is 16.6.